The molecule has 1 N–H and O–H groups in total. The summed E-state index contributed by atoms with van der Waals surface area (Å²) in [6.07, 6.45) is 2.76. The Bertz CT molecular complexity index is 760. The fraction of sp³-hybridized carbons (Fsp3) is 0.250. The first-order valence-electron chi connectivity index (χ1n) is 8.10. The van der Waals surface area contributed by atoms with E-state index in [9.17, 15) is 4.79 Å². The minimum Gasteiger partial charge on any atom is -0.495 e. The van der Waals surface area contributed by atoms with Gasteiger partial charge in [0.2, 0.25) is 0 Å². The van der Waals surface area contributed by atoms with Crippen LogP contribution in [0.2, 0.25) is 0 Å². The van der Waals surface area contributed by atoms with E-state index < -0.39 is 0 Å². The molecule has 3 rings (SSSR count). The van der Waals surface area contributed by atoms with Crippen LogP contribution >= 0.6 is 12.4 Å². The van der Waals surface area contributed by atoms with Crippen molar-refractivity contribution in [3.8, 4) is 16.9 Å². The number of benzene rings is 2. The van der Waals surface area contributed by atoms with Crippen molar-refractivity contribution < 1.29 is 9.53 Å². The molecule has 0 saturated carbocycles. The van der Waals surface area contributed by atoms with Crippen LogP contribution in [-0.4, -0.2) is 38.1 Å². The molecule has 0 radical (unpaired) electrons. The van der Waals surface area contributed by atoms with E-state index in [-0.39, 0.29) is 18.3 Å². The zero-order chi connectivity index (χ0) is 16.9. The molecule has 5 heteroatoms. The van der Waals surface area contributed by atoms with E-state index in [1.807, 2.05) is 54.6 Å². The minimum absolute atomic E-state index is 0. The molecular formula is C20H23ClN2O2. The standard InChI is InChI=1S/C20H22N2O2.ClH/c1-22-12-10-16(11-13-22)20(23)21-18-14-17(8-9-19(18)24-2)15-6-4-3-5-7-15;/h3-10,14H,11-13H2,1-2H3,(H,21,23);1H. The molecular weight excluding hydrogens is 336 g/mol. The first-order valence-corrected chi connectivity index (χ1v) is 8.10. The van der Waals surface area contributed by atoms with Crippen molar-refractivity contribution in [2.45, 2.75) is 6.42 Å². The van der Waals surface area contributed by atoms with Crippen molar-refractivity contribution in [1.29, 1.82) is 0 Å². The first kappa shape index (κ1) is 19.0. The summed E-state index contributed by atoms with van der Waals surface area (Å²) in [5.74, 6) is 0.614. The predicted octanol–water partition coefficient (Wildman–Crippen LogP) is 3.98. The summed E-state index contributed by atoms with van der Waals surface area (Å²) in [7, 11) is 3.67. The molecule has 2 aromatic rings. The van der Waals surface area contributed by atoms with E-state index in [0.717, 1.165) is 36.2 Å². The third kappa shape index (κ3) is 4.62. The maximum atomic E-state index is 12.5. The van der Waals surface area contributed by atoms with E-state index >= 15 is 0 Å². The van der Waals surface area contributed by atoms with Gasteiger partial charge in [0.25, 0.3) is 5.91 Å². The second-order valence-electron chi connectivity index (χ2n) is 5.98. The third-order valence-corrected chi connectivity index (χ3v) is 4.26. The highest BCUT2D eigenvalue weighted by molar-refractivity contribution is 6.05. The Hall–Kier alpha value is -2.30. The average Bonchev–Trinajstić information content (AvgIpc) is 2.63. The third-order valence-electron chi connectivity index (χ3n) is 4.26. The molecule has 0 saturated heterocycles. The summed E-state index contributed by atoms with van der Waals surface area (Å²) < 4.78 is 5.40. The predicted molar refractivity (Wildman–Crippen MR) is 105 cm³/mol. The zero-order valence-corrected chi connectivity index (χ0v) is 15.3. The van der Waals surface area contributed by atoms with E-state index in [4.69, 9.17) is 4.74 Å². The van der Waals surface area contributed by atoms with E-state index in [1.54, 1.807) is 7.11 Å². The van der Waals surface area contributed by atoms with Gasteiger partial charge in [-0.25, -0.2) is 0 Å². The monoisotopic (exact) mass is 358 g/mol. The lowest BCUT2D eigenvalue weighted by Crippen LogP contribution is -2.28. The molecule has 1 heterocycles. The van der Waals surface area contributed by atoms with Crippen molar-refractivity contribution in [3.63, 3.8) is 0 Å². The molecule has 0 bridgehead atoms. The molecule has 0 aliphatic carbocycles. The lowest BCUT2D eigenvalue weighted by molar-refractivity contribution is -0.113. The van der Waals surface area contributed by atoms with Gasteiger partial charge >= 0.3 is 0 Å². The number of anilines is 1. The van der Waals surface area contributed by atoms with Gasteiger partial charge in [0, 0.05) is 18.7 Å². The van der Waals surface area contributed by atoms with Gasteiger partial charge in [0.15, 0.2) is 0 Å². The molecule has 25 heavy (non-hydrogen) atoms. The fourth-order valence-corrected chi connectivity index (χ4v) is 2.80. The zero-order valence-electron chi connectivity index (χ0n) is 14.5. The van der Waals surface area contributed by atoms with E-state index in [0.29, 0.717) is 11.4 Å². The van der Waals surface area contributed by atoms with Crippen LogP contribution in [0.1, 0.15) is 6.42 Å². The first-order chi connectivity index (χ1) is 11.7. The number of amides is 1. The number of hydrogen-bond donors (Lipinski definition) is 1. The maximum Gasteiger partial charge on any atom is 0.251 e. The summed E-state index contributed by atoms with van der Waals surface area (Å²) in [6, 6.07) is 15.9. The van der Waals surface area contributed by atoms with Crippen molar-refractivity contribution in [2.24, 2.45) is 0 Å². The topological polar surface area (TPSA) is 41.6 Å². The number of carbonyl (C=O) groups is 1. The van der Waals surface area contributed by atoms with Gasteiger partial charge in [-0.05, 0) is 36.7 Å². The smallest absolute Gasteiger partial charge is 0.251 e. The minimum atomic E-state index is -0.0494. The van der Waals surface area contributed by atoms with Crippen LogP contribution in [0, 0.1) is 0 Å². The maximum absolute atomic E-state index is 12.5. The summed E-state index contributed by atoms with van der Waals surface area (Å²) in [6.45, 7) is 1.71. The average molecular weight is 359 g/mol. The van der Waals surface area contributed by atoms with Crippen LogP contribution in [0.4, 0.5) is 5.69 Å². The fourth-order valence-electron chi connectivity index (χ4n) is 2.80. The molecule has 1 aliphatic heterocycles. The second kappa shape index (κ2) is 8.70. The van der Waals surface area contributed by atoms with Crippen molar-refractivity contribution in [3.05, 3.63) is 60.2 Å². The van der Waals surface area contributed by atoms with Crippen LogP contribution in [0.3, 0.4) is 0 Å². The van der Waals surface area contributed by atoms with E-state index in [2.05, 4.69) is 17.3 Å². The Morgan fingerprint density at radius 1 is 1.12 bits per heavy atom. The number of likely N-dealkylation sites (N-methyl/N-ethyl adjacent to an activating group) is 1. The molecule has 4 nitrogen and oxygen atoms in total. The molecule has 0 atom stereocenters. The van der Waals surface area contributed by atoms with Gasteiger partial charge < -0.3 is 15.0 Å². The van der Waals surface area contributed by atoms with Crippen LogP contribution < -0.4 is 10.1 Å². The van der Waals surface area contributed by atoms with Crippen LogP contribution in [0.15, 0.2) is 60.2 Å². The molecule has 0 fully saturated rings. The molecule has 0 unspecified atom stereocenters. The number of methoxy groups -OCH3 is 1. The SMILES string of the molecule is COc1ccc(-c2ccccc2)cc1NC(=O)C1=CCN(C)CC1.Cl. The summed E-state index contributed by atoms with van der Waals surface area (Å²) in [5, 5.41) is 3.01. The highest BCUT2D eigenvalue weighted by Gasteiger charge is 2.16. The Labute approximate surface area is 154 Å². The quantitative estimate of drug-likeness (QED) is 0.898. The van der Waals surface area contributed by atoms with Gasteiger partial charge in [-0.2, -0.15) is 0 Å². The Morgan fingerprint density at radius 3 is 2.52 bits per heavy atom. The normalized spacial score (nSPS) is 14.2. The van der Waals surface area contributed by atoms with Crippen molar-refractivity contribution >= 4 is 24.0 Å². The largest absolute Gasteiger partial charge is 0.495 e. The van der Waals surface area contributed by atoms with Gasteiger partial charge in [0.05, 0.1) is 12.8 Å². The number of rotatable bonds is 4. The van der Waals surface area contributed by atoms with Crippen molar-refractivity contribution in [1.82, 2.24) is 4.90 Å². The van der Waals surface area contributed by atoms with Crippen molar-refractivity contribution in [2.75, 3.05) is 32.6 Å². The van der Waals surface area contributed by atoms with Crippen LogP contribution in [0.25, 0.3) is 11.1 Å². The van der Waals surface area contributed by atoms with Crippen LogP contribution in [0.5, 0.6) is 5.75 Å². The number of ether oxygens (including phenoxy) is 1. The number of nitrogens with zero attached hydrogens (tertiary/aromatic N) is 1. The number of nitrogens with one attached hydrogen (secondary N) is 1. The Morgan fingerprint density at radius 2 is 1.88 bits per heavy atom. The Balaban J connectivity index is 0.00000225. The van der Waals surface area contributed by atoms with Gasteiger partial charge in [-0.3, -0.25) is 4.79 Å². The molecule has 132 valence electrons. The number of hydrogen-bond acceptors (Lipinski definition) is 3. The lowest BCUT2D eigenvalue weighted by atomic mass is 10.0. The van der Waals surface area contributed by atoms with E-state index in [1.165, 1.54) is 0 Å². The number of halogens is 1. The highest BCUT2D eigenvalue weighted by Crippen LogP contribution is 2.31. The van der Waals surface area contributed by atoms with Gasteiger partial charge in [-0.1, -0.05) is 42.5 Å². The molecule has 1 amide bonds. The summed E-state index contributed by atoms with van der Waals surface area (Å²) >= 11 is 0. The van der Waals surface area contributed by atoms with Gasteiger partial charge in [-0.15, -0.1) is 12.4 Å². The highest BCUT2D eigenvalue weighted by atomic mass is 35.5. The molecule has 0 spiro atoms. The van der Waals surface area contributed by atoms with Gasteiger partial charge in [0.1, 0.15) is 5.75 Å². The second-order valence-corrected chi connectivity index (χ2v) is 5.98. The summed E-state index contributed by atoms with van der Waals surface area (Å²) in [4.78, 5) is 14.7. The molecule has 0 aromatic heterocycles. The molecule has 1 aliphatic rings. The lowest BCUT2D eigenvalue weighted by Gasteiger charge is -2.21. The molecule has 2 aromatic carbocycles. The number of carbonyl (C=O) groups excluding carboxylic acids is 1. The Kier molecular flexibility index (Phi) is 6.62. The van der Waals surface area contributed by atoms with Crippen LogP contribution in [-0.2, 0) is 4.79 Å². The summed E-state index contributed by atoms with van der Waals surface area (Å²) in [5.41, 5.74) is 3.68.